The fourth-order valence-electron chi connectivity index (χ4n) is 8.52. The first-order chi connectivity index (χ1) is 25.6. The van der Waals surface area contributed by atoms with Crippen molar-refractivity contribution >= 4 is 42.0 Å². The lowest BCUT2D eigenvalue weighted by molar-refractivity contribution is 0.0908. The molecule has 2 saturated carbocycles. The average molecular weight is 741 g/mol. The van der Waals surface area contributed by atoms with Crippen LogP contribution in [0.15, 0.2) is 110 Å². The predicted molar refractivity (Wildman–Crippen MR) is 211 cm³/mol. The maximum Gasteiger partial charge on any atom is 0.261 e. The van der Waals surface area contributed by atoms with E-state index >= 15 is 0 Å². The Hall–Kier alpha value is -4.75. The number of amides is 1. The van der Waals surface area contributed by atoms with E-state index in [0.717, 1.165) is 54.7 Å². The fourth-order valence-corrected chi connectivity index (χ4v) is 13.3. The van der Waals surface area contributed by atoms with Crippen LogP contribution in [0.1, 0.15) is 79.0 Å². The second kappa shape index (κ2) is 14.2. The van der Waals surface area contributed by atoms with Crippen LogP contribution < -0.4 is 20.6 Å². The molecule has 3 atom stereocenters. The van der Waals surface area contributed by atoms with E-state index in [-0.39, 0.29) is 28.9 Å². The third kappa shape index (κ3) is 6.92. The van der Waals surface area contributed by atoms with E-state index in [9.17, 15) is 10.1 Å². The summed E-state index contributed by atoms with van der Waals surface area (Å²) in [5, 5.41) is 20.4. The van der Waals surface area contributed by atoms with E-state index in [0.29, 0.717) is 22.8 Å². The highest BCUT2D eigenvalue weighted by molar-refractivity contribution is 6.99. The van der Waals surface area contributed by atoms with Gasteiger partial charge < -0.3 is 14.6 Å². The van der Waals surface area contributed by atoms with Gasteiger partial charge in [0, 0.05) is 36.5 Å². The molecule has 0 bridgehead atoms. The second-order valence-electron chi connectivity index (χ2n) is 16.0. The van der Waals surface area contributed by atoms with Crippen molar-refractivity contribution in [3.8, 4) is 6.07 Å². The maximum atomic E-state index is 13.6. The molecule has 0 spiro atoms. The lowest BCUT2D eigenvalue weighted by Crippen LogP contribution is -2.67. The van der Waals surface area contributed by atoms with Gasteiger partial charge in [-0.3, -0.25) is 9.48 Å². The third-order valence-corrected chi connectivity index (χ3v) is 16.8. The van der Waals surface area contributed by atoms with Crippen molar-refractivity contribution in [2.45, 2.75) is 63.1 Å². The number of carbonyl (C=O) groups is 1. The van der Waals surface area contributed by atoms with Gasteiger partial charge in [0.05, 0.1) is 30.0 Å². The number of rotatable bonds is 11. The summed E-state index contributed by atoms with van der Waals surface area (Å²) in [6, 6.07) is 32.9. The topological polar surface area (TPSA) is 96.1 Å². The Morgan fingerprint density at radius 1 is 0.962 bits per heavy atom. The molecule has 8 nitrogen and oxygen atoms in total. The molecule has 53 heavy (non-hydrogen) atoms. The van der Waals surface area contributed by atoms with Crippen LogP contribution in [0.4, 0.5) is 5.82 Å². The van der Waals surface area contributed by atoms with Gasteiger partial charge in [-0.2, -0.15) is 10.4 Å². The molecule has 1 aliphatic heterocycles. The first kappa shape index (κ1) is 35.3. The van der Waals surface area contributed by atoms with Crippen molar-refractivity contribution in [1.29, 1.82) is 5.26 Å². The molecular formula is C43H45ClN6O2Si. The molecule has 2 aliphatic carbocycles. The summed E-state index contributed by atoms with van der Waals surface area (Å²) in [6.45, 7) is 9.33. The molecule has 5 aromatic rings. The van der Waals surface area contributed by atoms with E-state index in [1.165, 1.54) is 16.8 Å². The molecule has 3 aliphatic rings. The molecule has 0 radical (unpaired) electrons. The van der Waals surface area contributed by atoms with Gasteiger partial charge in [-0.1, -0.05) is 99.1 Å². The summed E-state index contributed by atoms with van der Waals surface area (Å²) in [5.41, 5.74) is 3.05. The number of aromatic nitrogens is 3. The fraction of sp³-hybridized carbons (Fsp3) is 0.349. The monoisotopic (exact) mass is 740 g/mol. The predicted octanol–water partition coefficient (Wildman–Crippen LogP) is 7.10. The minimum Gasteiger partial charge on any atom is -0.405 e. The number of nitriles is 1. The lowest BCUT2D eigenvalue weighted by atomic mass is 9.74. The molecule has 3 aromatic carbocycles. The number of nitrogens with zero attached hydrogens (tertiary/aromatic N) is 5. The standard InChI is InChI=1S/C43H45ClN6O2Si/c1-43(2,3)53(37-10-6-4-7-11-37,38-12-8-5-9-13-38)52-28-40(30-15-17-41(46-23-30)49-25-32-18-33(32)26-49)50-27-34(24-47-50)42(51)48-36-19-31(20-36)39-21-35(44)16-14-29(39)22-45/h4-17,21,23-24,27,31-33,36,40H,18-20,25-26,28H2,1-3H3,(H,48,51)/t31-,32?,33?,36+,40?. The van der Waals surface area contributed by atoms with Gasteiger partial charge in [0.2, 0.25) is 0 Å². The summed E-state index contributed by atoms with van der Waals surface area (Å²) < 4.78 is 9.30. The highest BCUT2D eigenvalue weighted by Crippen LogP contribution is 2.46. The summed E-state index contributed by atoms with van der Waals surface area (Å²) in [5.74, 6) is 2.65. The number of benzene rings is 3. The van der Waals surface area contributed by atoms with Gasteiger partial charge in [-0.25, -0.2) is 4.98 Å². The Morgan fingerprint density at radius 3 is 2.25 bits per heavy atom. The minimum atomic E-state index is -2.87. The van der Waals surface area contributed by atoms with Gasteiger partial charge >= 0.3 is 0 Å². The zero-order chi connectivity index (χ0) is 36.7. The van der Waals surface area contributed by atoms with Crippen LogP contribution in [0.5, 0.6) is 0 Å². The van der Waals surface area contributed by atoms with Crippen LogP contribution in [0.2, 0.25) is 10.1 Å². The molecule has 10 heteroatoms. The van der Waals surface area contributed by atoms with Crippen molar-refractivity contribution in [2.75, 3.05) is 24.6 Å². The Balaban J connectivity index is 1.06. The number of halogens is 1. The van der Waals surface area contributed by atoms with Crippen LogP contribution in [0, 0.1) is 23.2 Å². The van der Waals surface area contributed by atoms with Crippen LogP contribution >= 0.6 is 11.6 Å². The number of nitrogens with one attached hydrogen (secondary N) is 1. The summed E-state index contributed by atoms with van der Waals surface area (Å²) in [7, 11) is -2.87. The van der Waals surface area contributed by atoms with Gasteiger partial charge in [0.25, 0.3) is 14.2 Å². The molecule has 1 N–H and O–H groups in total. The normalized spacial score (nSPS) is 21.3. The molecular weight excluding hydrogens is 696 g/mol. The number of hydrogen-bond donors (Lipinski definition) is 1. The first-order valence-corrected chi connectivity index (χ1v) is 20.9. The second-order valence-corrected chi connectivity index (χ2v) is 20.7. The average Bonchev–Trinajstić information content (AvgIpc) is 3.49. The van der Waals surface area contributed by atoms with Crippen molar-refractivity contribution in [3.63, 3.8) is 0 Å². The molecule has 2 aromatic heterocycles. The van der Waals surface area contributed by atoms with Crippen LogP contribution in [-0.2, 0) is 4.43 Å². The van der Waals surface area contributed by atoms with E-state index in [1.54, 1.807) is 18.3 Å². The SMILES string of the molecule is CC(C)(C)[Si](OCC(c1ccc(N2CC3CC3C2)nc1)n1cc(C(=O)N[C@H]2C[C@@H](c3cc(Cl)ccc3C#N)C2)cn1)(c1ccccc1)c1ccccc1. The first-order valence-electron chi connectivity index (χ1n) is 18.6. The Bertz CT molecular complexity index is 2070. The molecule has 3 heterocycles. The number of piperidine rings is 1. The smallest absolute Gasteiger partial charge is 0.261 e. The van der Waals surface area contributed by atoms with Gasteiger partial charge in [0.15, 0.2) is 0 Å². The summed E-state index contributed by atoms with van der Waals surface area (Å²) in [4.78, 5) is 20.9. The van der Waals surface area contributed by atoms with E-state index < -0.39 is 8.32 Å². The Labute approximate surface area is 317 Å². The molecule has 3 fully saturated rings. The molecule has 1 saturated heterocycles. The van der Waals surface area contributed by atoms with Crippen molar-refractivity contribution < 1.29 is 9.22 Å². The summed E-state index contributed by atoms with van der Waals surface area (Å²) in [6.07, 6.45) is 8.28. The van der Waals surface area contributed by atoms with E-state index in [4.69, 9.17) is 26.1 Å². The van der Waals surface area contributed by atoms with Crippen LogP contribution in [0.3, 0.4) is 0 Å². The summed E-state index contributed by atoms with van der Waals surface area (Å²) >= 11 is 6.25. The highest BCUT2D eigenvalue weighted by atomic mass is 35.5. The molecule has 8 rings (SSSR count). The highest BCUT2D eigenvalue weighted by Gasteiger charge is 2.50. The Kier molecular flexibility index (Phi) is 9.48. The van der Waals surface area contributed by atoms with Crippen LogP contribution in [0.25, 0.3) is 0 Å². The van der Waals surface area contributed by atoms with Gasteiger partial charge in [0.1, 0.15) is 11.9 Å². The van der Waals surface area contributed by atoms with Crippen molar-refractivity contribution in [1.82, 2.24) is 20.1 Å². The third-order valence-electron chi connectivity index (χ3n) is 11.6. The number of hydrogen-bond acceptors (Lipinski definition) is 6. The van der Waals surface area contributed by atoms with E-state index in [2.05, 4.69) is 110 Å². The number of pyridine rings is 1. The molecule has 1 amide bonds. The largest absolute Gasteiger partial charge is 0.405 e. The molecule has 270 valence electrons. The van der Waals surface area contributed by atoms with Crippen molar-refractivity contribution in [3.05, 3.63) is 137 Å². The van der Waals surface area contributed by atoms with E-state index in [1.807, 2.05) is 23.1 Å². The quantitative estimate of drug-likeness (QED) is 0.145. The van der Waals surface area contributed by atoms with Crippen LogP contribution in [-0.4, -0.2) is 54.7 Å². The lowest BCUT2D eigenvalue weighted by Gasteiger charge is -2.43. The van der Waals surface area contributed by atoms with Crippen molar-refractivity contribution in [2.24, 2.45) is 11.8 Å². The Morgan fingerprint density at radius 2 is 1.64 bits per heavy atom. The molecule has 3 unspecified atom stereocenters. The maximum absolute atomic E-state index is 13.6. The number of anilines is 1. The van der Waals surface area contributed by atoms with Gasteiger partial charge in [-0.05, 0) is 87.8 Å². The zero-order valence-corrected chi connectivity index (χ0v) is 32.2. The number of fused-ring (bicyclic) bond motifs is 1. The minimum absolute atomic E-state index is 0.00372. The number of carbonyl (C=O) groups excluding carboxylic acids is 1. The zero-order valence-electron chi connectivity index (χ0n) is 30.5. The van der Waals surface area contributed by atoms with Gasteiger partial charge in [-0.15, -0.1) is 0 Å².